The first-order valence-electron chi connectivity index (χ1n) is 14.5. The third kappa shape index (κ3) is 7.34. The van der Waals surface area contributed by atoms with E-state index >= 15 is 0 Å². The number of amides is 2. The van der Waals surface area contributed by atoms with Gasteiger partial charge in [-0.05, 0) is 94.8 Å². The number of nitrogens with zero attached hydrogens (tertiary/aromatic N) is 2. The minimum atomic E-state index is -0.0951. The summed E-state index contributed by atoms with van der Waals surface area (Å²) in [6.45, 7) is 21.4. The molecule has 0 aromatic carbocycles. The van der Waals surface area contributed by atoms with E-state index in [1.165, 1.54) is 17.7 Å². The molecule has 2 heterocycles. The molecule has 5 nitrogen and oxygen atoms in total. The first kappa shape index (κ1) is 29.2. The predicted molar refractivity (Wildman–Crippen MR) is 153 cm³/mol. The second kappa shape index (κ2) is 13.4. The van der Waals surface area contributed by atoms with Crippen molar-refractivity contribution in [3.8, 4) is 0 Å². The van der Waals surface area contributed by atoms with Gasteiger partial charge in [-0.3, -0.25) is 14.5 Å². The number of imide groups is 1. The maximum Gasteiger partial charge on any atom is 0.261 e. The van der Waals surface area contributed by atoms with Gasteiger partial charge in [0.1, 0.15) is 0 Å². The highest BCUT2D eigenvalue weighted by Gasteiger charge is 2.38. The maximum atomic E-state index is 12.6. The van der Waals surface area contributed by atoms with Crippen LogP contribution in [0.3, 0.4) is 0 Å². The van der Waals surface area contributed by atoms with Crippen molar-refractivity contribution in [1.82, 2.24) is 15.1 Å². The van der Waals surface area contributed by atoms with Crippen LogP contribution in [0.1, 0.15) is 80.1 Å². The fourth-order valence-corrected chi connectivity index (χ4v) is 5.47. The molecule has 1 unspecified atom stereocenters. The Balaban J connectivity index is 1.50. The van der Waals surface area contributed by atoms with Crippen LogP contribution in [0.4, 0.5) is 0 Å². The molecule has 0 radical (unpaired) electrons. The Morgan fingerprint density at radius 2 is 1.57 bits per heavy atom. The van der Waals surface area contributed by atoms with Crippen molar-refractivity contribution in [2.24, 2.45) is 23.7 Å². The molecular formula is C32H49N3O2. The Kier molecular flexibility index (Phi) is 10.6. The van der Waals surface area contributed by atoms with Crippen LogP contribution in [-0.4, -0.2) is 47.8 Å². The van der Waals surface area contributed by atoms with Gasteiger partial charge in [0.2, 0.25) is 0 Å². The van der Waals surface area contributed by atoms with E-state index < -0.39 is 0 Å². The average Bonchev–Trinajstić information content (AvgIpc) is 3.13. The molecule has 1 N–H and O–H groups in total. The highest BCUT2D eigenvalue weighted by atomic mass is 16.2. The summed E-state index contributed by atoms with van der Waals surface area (Å²) in [4.78, 5) is 29.2. The molecule has 2 saturated heterocycles. The molecule has 2 amide bonds. The van der Waals surface area contributed by atoms with Gasteiger partial charge in [-0.2, -0.15) is 0 Å². The summed E-state index contributed by atoms with van der Waals surface area (Å²) in [6, 6.07) is 0. The van der Waals surface area contributed by atoms with Gasteiger partial charge < -0.3 is 10.2 Å². The summed E-state index contributed by atoms with van der Waals surface area (Å²) in [5.41, 5.74) is 5.02. The summed E-state index contributed by atoms with van der Waals surface area (Å²) in [5.74, 6) is 1.94. The van der Waals surface area contributed by atoms with Crippen molar-refractivity contribution < 1.29 is 9.59 Å². The lowest BCUT2D eigenvalue weighted by Gasteiger charge is -2.36. The molecule has 204 valence electrons. The molecule has 0 aromatic rings. The molecule has 5 heteroatoms. The normalized spacial score (nSPS) is 20.9. The number of carbonyl (C=O) groups excluding carboxylic acids is 2. The quantitative estimate of drug-likeness (QED) is 0.189. The molecule has 37 heavy (non-hydrogen) atoms. The monoisotopic (exact) mass is 507 g/mol. The van der Waals surface area contributed by atoms with Crippen LogP contribution >= 0.6 is 0 Å². The van der Waals surface area contributed by atoms with Gasteiger partial charge in [-0.25, -0.2) is 0 Å². The van der Waals surface area contributed by atoms with Gasteiger partial charge in [0.25, 0.3) is 11.8 Å². The molecular weight excluding hydrogens is 458 g/mol. The Labute approximate surface area is 225 Å². The number of rotatable bonds is 12. The van der Waals surface area contributed by atoms with Crippen LogP contribution < -0.4 is 5.32 Å². The number of unbranched alkanes of at least 4 members (excludes halogenated alkanes) is 1. The predicted octanol–water partition coefficient (Wildman–Crippen LogP) is 6.38. The third-order valence-electron chi connectivity index (χ3n) is 8.43. The van der Waals surface area contributed by atoms with Crippen LogP contribution in [0.5, 0.6) is 0 Å². The molecule has 0 bridgehead atoms. The van der Waals surface area contributed by atoms with Crippen LogP contribution in [0.2, 0.25) is 0 Å². The van der Waals surface area contributed by atoms with Crippen molar-refractivity contribution >= 4 is 11.8 Å². The van der Waals surface area contributed by atoms with E-state index in [0.29, 0.717) is 41.4 Å². The van der Waals surface area contributed by atoms with Crippen LogP contribution in [0, 0.1) is 23.7 Å². The van der Waals surface area contributed by atoms with Crippen molar-refractivity contribution in [2.45, 2.75) is 80.1 Å². The number of allylic oxidation sites excluding steroid dienone is 6. The van der Waals surface area contributed by atoms with Gasteiger partial charge in [0.05, 0.1) is 0 Å². The van der Waals surface area contributed by atoms with Crippen molar-refractivity contribution in [2.75, 3.05) is 26.2 Å². The summed E-state index contributed by atoms with van der Waals surface area (Å²) < 4.78 is 0. The fourth-order valence-electron chi connectivity index (χ4n) is 5.47. The molecule has 1 atom stereocenters. The zero-order valence-corrected chi connectivity index (χ0v) is 24.1. The Hall–Kier alpha value is -2.40. The molecule has 3 aliphatic rings. The topological polar surface area (TPSA) is 52.6 Å². The third-order valence-corrected chi connectivity index (χ3v) is 8.43. The Morgan fingerprint density at radius 3 is 2.08 bits per heavy atom. The number of hydrogen-bond acceptors (Lipinski definition) is 4. The SMILES string of the molecule is C=C(NC(/C=C(/C1CCN(CCCCN2C(=O)C3=CCCC=C3C2=O)CC1)C(C)C(C)C)=C/C)C(C)C. The lowest BCUT2D eigenvalue weighted by Crippen LogP contribution is -2.36. The lowest BCUT2D eigenvalue weighted by molar-refractivity contribution is -0.136. The first-order valence-corrected chi connectivity index (χ1v) is 14.5. The molecule has 0 aromatic heterocycles. The van der Waals surface area contributed by atoms with E-state index in [0.717, 1.165) is 56.7 Å². The Morgan fingerprint density at radius 1 is 1.00 bits per heavy atom. The van der Waals surface area contributed by atoms with Crippen molar-refractivity contribution in [3.63, 3.8) is 0 Å². The smallest absolute Gasteiger partial charge is 0.261 e. The van der Waals surface area contributed by atoms with Gasteiger partial charge in [0.15, 0.2) is 0 Å². The second-order valence-electron chi connectivity index (χ2n) is 11.6. The summed E-state index contributed by atoms with van der Waals surface area (Å²) in [7, 11) is 0. The summed E-state index contributed by atoms with van der Waals surface area (Å²) in [5, 5.41) is 3.54. The summed E-state index contributed by atoms with van der Waals surface area (Å²) in [6.07, 6.45) is 14.4. The van der Waals surface area contributed by atoms with Gasteiger partial charge in [-0.1, -0.05) is 65.0 Å². The first-order chi connectivity index (χ1) is 17.6. The van der Waals surface area contributed by atoms with Gasteiger partial charge in [0, 0.05) is 29.1 Å². The zero-order chi connectivity index (χ0) is 27.1. The standard InChI is InChI=1S/C32H49N3O2/c1-8-27(33-25(7)23(4)5)21-30(24(6)22(2)3)26-15-19-34(20-16-26)17-11-12-18-35-31(36)28-13-9-10-14-29(28)32(35)37/h8,13-14,21-24,26,33H,7,9-12,15-20H2,1-6H3/b27-8+,30-21+. The van der Waals surface area contributed by atoms with E-state index in [-0.39, 0.29) is 11.8 Å². The van der Waals surface area contributed by atoms with E-state index in [1.807, 2.05) is 12.2 Å². The molecule has 2 aliphatic heterocycles. The van der Waals surface area contributed by atoms with Gasteiger partial charge >= 0.3 is 0 Å². The van der Waals surface area contributed by atoms with E-state index in [4.69, 9.17) is 0 Å². The second-order valence-corrected chi connectivity index (χ2v) is 11.6. The molecule has 3 rings (SSSR count). The Bertz CT molecular complexity index is 942. The van der Waals surface area contributed by atoms with E-state index in [1.54, 1.807) is 5.57 Å². The number of nitrogens with one attached hydrogen (secondary N) is 1. The number of likely N-dealkylation sites (tertiary alicyclic amines) is 2. The zero-order valence-electron chi connectivity index (χ0n) is 24.1. The molecule has 1 aliphatic carbocycles. The van der Waals surface area contributed by atoms with Crippen molar-refractivity contribution in [3.05, 3.63) is 59.0 Å². The van der Waals surface area contributed by atoms with E-state index in [9.17, 15) is 9.59 Å². The minimum absolute atomic E-state index is 0.0951. The van der Waals surface area contributed by atoms with Crippen molar-refractivity contribution in [1.29, 1.82) is 0 Å². The average molecular weight is 508 g/mol. The lowest BCUT2D eigenvalue weighted by atomic mass is 9.77. The minimum Gasteiger partial charge on any atom is -0.359 e. The number of hydrogen-bond donors (Lipinski definition) is 1. The highest BCUT2D eigenvalue weighted by Crippen LogP contribution is 2.34. The fraction of sp³-hybridized carbons (Fsp3) is 0.625. The number of carbonyl (C=O) groups is 2. The van der Waals surface area contributed by atoms with Gasteiger partial charge in [-0.15, -0.1) is 0 Å². The number of fused-ring (bicyclic) bond motifs is 1. The van der Waals surface area contributed by atoms with Crippen LogP contribution in [-0.2, 0) is 9.59 Å². The molecule has 0 spiro atoms. The molecule has 0 saturated carbocycles. The van der Waals surface area contributed by atoms with Crippen LogP contribution in [0.15, 0.2) is 59.0 Å². The summed E-state index contributed by atoms with van der Waals surface area (Å²) >= 11 is 0. The number of piperidine rings is 1. The largest absolute Gasteiger partial charge is 0.359 e. The molecule has 2 fully saturated rings. The van der Waals surface area contributed by atoms with E-state index in [2.05, 4.69) is 70.5 Å². The van der Waals surface area contributed by atoms with Crippen LogP contribution in [0.25, 0.3) is 0 Å². The highest BCUT2D eigenvalue weighted by molar-refractivity contribution is 6.24. The maximum absolute atomic E-state index is 12.6.